The van der Waals surface area contributed by atoms with E-state index in [1.807, 2.05) is 0 Å². The van der Waals surface area contributed by atoms with E-state index >= 15 is 0 Å². The number of hydrogen-bond acceptors (Lipinski definition) is 2. The van der Waals surface area contributed by atoms with Crippen LogP contribution in [0, 0.1) is 0 Å². The molecule has 0 aromatic heterocycles. The fraction of sp³-hybridized carbons (Fsp3) is 0.524. The Balaban J connectivity index is -0.000000762. The maximum atomic E-state index is 10.5. The lowest BCUT2D eigenvalue weighted by atomic mass is 10.2. The smallest absolute Gasteiger partial charge is 0.217 e. The first-order chi connectivity index (χ1) is 22.5. The van der Waals surface area contributed by atoms with Gasteiger partial charge in [-0.05, 0) is 89.9 Å². The van der Waals surface area contributed by atoms with E-state index in [9.17, 15) is 9.59 Å². The topological polar surface area (TPSA) is 86.2 Å². The van der Waals surface area contributed by atoms with E-state index < -0.39 is 0 Å². The minimum absolute atomic E-state index is 0.212. The molecule has 0 aliphatic heterocycles. The average molecular weight is 635 g/mol. The summed E-state index contributed by atoms with van der Waals surface area (Å²) in [6.07, 6.45) is 56.1. The van der Waals surface area contributed by atoms with Crippen LogP contribution in [0.2, 0.25) is 0 Å². The lowest BCUT2D eigenvalue weighted by molar-refractivity contribution is -0.118. The third kappa shape index (κ3) is 53.2. The second-order valence-corrected chi connectivity index (χ2v) is 10.9. The zero-order chi connectivity index (χ0) is 34.6. The van der Waals surface area contributed by atoms with Gasteiger partial charge in [-0.15, -0.1) is 13.2 Å². The Hall–Kier alpha value is -3.40. The average Bonchev–Trinajstić information content (AvgIpc) is 3.05. The Morgan fingerprint density at radius 3 is 0.826 bits per heavy atom. The van der Waals surface area contributed by atoms with Crippen molar-refractivity contribution in [1.29, 1.82) is 0 Å². The number of hydrogen-bond donors (Lipinski definition) is 2. The molecule has 0 rings (SSSR count). The van der Waals surface area contributed by atoms with E-state index in [0.29, 0.717) is 12.8 Å². The largest absolute Gasteiger partial charge is 0.370 e. The highest BCUT2D eigenvalue weighted by Crippen LogP contribution is 2.03. The molecule has 0 unspecified atom stereocenters. The van der Waals surface area contributed by atoms with Crippen LogP contribution in [-0.2, 0) is 9.59 Å². The lowest BCUT2D eigenvalue weighted by Gasteiger charge is -1.91. The molecule has 0 aromatic carbocycles. The van der Waals surface area contributed by atoms with Crippen LogP contribution in [0.4, 0.5) is 0 Å². The SMILES string of the molecule is C=C.CCCCC/C=C\C/C=C\C/C=C\C/C=C\CCCC(N)=O.CCCCC/C=C\C/C=C\C/C=C\C/C=C\CCCC(N)=O. The van der Waals surface area contributed by atoms with Gasteiger partial charge in [-0.3, -0.25) is 9.59 Å². The maximum absolute atomic E-state index is 10.5. The van der Waals surface area contributed by atoms with Gasteiger partial charge in [0.15, 0.2) is 0 Å². The molecule has 0 saturated heterocycles. The second-order valence-electron chi connectivity index (χ2n) is 10.9. The van der Waals surface area contributed by atoms with E-state index in [1.54, 1.807) is 0 Å². The van der Waals surface area contributed by atoms with Gasteiger partial charge in [0.2, 0.25) is 11.8 Å². The molecular formula is C42H70N2O2. The molecule has 0 saturated carbocycles. The molecule has 0 fully saturated rings. The van der Waals surface area contributed by atoms with E-state index in [2.05, 4.69) is 124 Å². The van der Waals surface area contributed by atoms with Crippen LogP contribution < -0.4 is 11.5 Å². The van der Waals surface area contributed by atoms with Crippen molar-refractivity contribution in [3.05, 3.63) is 110 Å². The van der Waals surface area contributed by atoms with Crippen LogP contribution in [0.5, 0.6) is 0 Å². The number of amides is 2. The molecule has 46 heavy (non-hydrogen) atoms. The fourth-order valence-electron chi connectivity index (χ4n) is 3.91. The number of unbranched alkanes of at least 4 members (excludes halogenated alkanes) is 8. The number of primary amides is 2. The highest BCUT2D eigenvalue weighted by atomic mass is 16.1. The molecule has 0 heterocycles. The van der Waals surface area contributed by atoms with E-state index in [1.165, 1.54) is 51.4 Å². The zero-order valence-corrected chi connectivity index (χ0v) is 29.8. The number of carbonyl (C=O) groups excluding carboxylic acids is 2. The van der Waals surface area contributed by atoms with E-state index in [4.69, 9.17) is 11.5 Å². The minimum Gasteiger partial charge on any atom is -0.370 e. The summed E-state index contributed by atoms with van der Waals surface area (Å²) in [4.78, 5) is 21.1. The highest BCUT2D eigenvalue weighted by molar-refractivity contribution is 5.73. The molecule has 0 atom stereocenters. The number of nitrogens with two attached hydrogens (primary N) is 2. The monoisotopic (exact) mass is 635 g/mol. The van der Waals surface area contributed by atoms with Gasteiger partial charge in [0, 0.05) is 12.8 Å². The molecule has 4 heteroatoms. The Bertz CT molecular complexity index is 815. The van der Waals surface area contributed by atoms with Crippen molar-refractivity contribution in [1.82, 2.24) is 0 Å². The van der Waals surface area contributed by atoms with Gasteiger partial charge in [-0.25, -0.2) is 0 Å². The normalized spacial score (nSPS) is 12.0. The molecule has 4 nitrogen and oxygen atoms in total. The van der Waals surface area contributed by atoms with Gasteiger partial charge in [0.1, 0.15) is 0 Å². The first-order valence-corrected chi connectivity index (χ1v) is 17.8. The van der Waals surface area contributed by atoms with Gasteiger partial charge in [0.25, 0.3) is 0 Å². The molecule has 0 bridgehead atoms. The molecule has 260 valence electrons. The van der Waals surface area contributed by atoms with Gasteiger partial charge in [0.05, 0.1) is 0 Å². The minimum atomic E-state index is -0.212. The van der Waals surface area contributed by atoms with E-state index in [-0.39, 0.29) is 11.8 Å². The number of carbonyl (C=O) groups is 2. The van der Waals surface area contributed by atoms with Crippen molar-refractivity contribution in [2.24, 2.45) is 11.5 Å². The summed E-state index contributed by atoms with van der Waals surface area (Å²) in [5.41, 5.74) is 10.1. The fourth-order valence-corrected chi connectivity index (χ4v) is 3.91. The first kappa shape index (κ1) is 47.0. The van der Waals surface area contributed by atoms with Crippen molar-refractivity contribution < 1.29 is 9.59 Å². The molecular weight excluding hydrogens is 564 g/mol. The summed E-state index contributed by atoms with van der Waals surface area (Å²) in [7, 11) is 0. The Morgan fingerprint density at radius 2 is 0.609 bits per heavy atom. The quantitative estimate of drug-likeness (QED) is 0.0662. The first-order valence-electron chi connectivity index (χ1n) is 17.8. The number of rotatable bonds is 28. The molecule has 0 aromatic rings. The van der Waals surface area contributed by atoms with Crippen LogP contribution in [-0.4, -0.2) is 11.8 Å². The van der Waals surface area contributed by atoms with Gasteiger partial charge in [-0.2, -0.15) is 0 Å². The van der Waals surface area contributed by atoms with Crippen molar-refractivity contribution in [2.45, 2.75) is 142 Å². The zero-order valence-electron chi connectivity index (χ0n) is 29.8. The van der Waals surface area contributed by atoms with Gasteiger partial charge in [-0.1, -0.05) is 137 Å². The van der Waals surface area contributed by atoms with Crippen molar-refractivity contribution >= 4 is 11.8 Å². The molecule has 2 amide bonds. The van der Waals surface area contributed by atoms with Crippen molar-refractivity contribution in [3.8, 4) is 0 Å². The Morgan fingerprint density at radius 1 is 0.391 bits per heavy atom. The van der Waals surface area contributed by atoms with Crippen molar-refractivity contribution in [3.63, 3.8) is 0 Å². The summed E-state index contributed by atoms with van der Waals surface area (Å²) >= 11 is 0. The molecule has 0 radical (unpaired) electrons. The molecule has 0 spiro atoms. The third-order valence-corrected chi connectivity index (χ3v) is 6.50. The lowest BCUT2D eigenvalue weighted by Crippen LogP contribution is -2.09. The maximum Gasteiger partial charge on any atom is 0.217 e. The summed E-state index contributed by atoms with van der Waals surface area (Å²) < 4.78 is 0. The van der Waals surface area contributed by atoms with Crippen LogP contribution in [0.25, 0.3) is 0 Å². The van der Waals surface area contributed by atoms with Gasteiger partial charge >= 0.3 is 0 Å². The number of allylic oxidation sites excluding steroid dienone is 16. The highest BCUT2D eigenvalue weighted by Gasteiger charge is 1.91. The van der Waals surface area contributed by atoms with E-state index in [0.717, 1.165) is 64.2 Å². The van der Waals surface area contributed by atoms with Crippen LogP contribution in [0.1, 0.15) is 142 Å². The molecule has 0 aliphatic rings. The Kier molecular flexibility index (Phi) is 47.0. The third-order valence-electron chi connectivity index (χ3n) is 6.50. The predicted octanol–water partition coefficient (Wildman–Crippen LogP) is 12.0. The van der Waals surface area contributed by atoms with Crippen molar-refractivity contribution in [2.75, 3.05) is 0 Å². The standard InChI is InChI=1S/2C20H33NO.C2H4/c2*1-2-3-4-5-6-7-8-9-10-11-12-13-14-15-16-17-18-19-20(21)22;1-2/h2*6-7,9-10,12-13,15-16H,2-5,8,11,14,17-19H2,1H3,(H2,21,22);1-2H2/b2*7-6-,10-9-,13-12-,16-15-;. The van der Waals surface area contributed by atoms with Gasteiger partial charge < -0.3 is 11.5 Å². The summed E-state index contributed by atoms with van der Waals surface area (Å²) in [6, 6.07) is 0. The Labute approximate surface area is 285 Å². The molecule has 4 N–H and O–H groups in total. The molecule has 0 aliphatic carbocycles. The summed E-state index contributed by atoms with van der Waals surface area (Å²) in [5, 5.41) is 0. The predicted molar refractivity (Wildman–Crippen MR) is 206 cm³/mol. The summed E-state index contributed by atoms with van der Waals surface area (Å²) in [5.74, 6) is -0.424. The van der Waals surface area contributed by atoms with Crippen LogP contribution in [0.15, 0.2) is 110 Å². The van der Waals surface area contributed by atoms with Crippen LogP contribution in [0.3, 0.4) is 0 Å². The second kappa shape index (κ2) is 46.0. The van der Waals surface area contributed by atoms with Crippen LogP contribution >= 0.6 is 0 Å². The summed E-state index contributed by atoms with van der Waals surface area (Å²) in [6.45, 7) is 10.5.